The highest BCUT2D eigenvalue weighted by atomic mass is 35.5. The highest BCUT2D eigenvalue weighted by Crippen LogP contribution is 2.31. The minimum absolute atomic E-state index is 0.179. The van der Waals surface area contributed by atoms with Gasteiger partial charge in [0.2, 0.25) is 0 Å². The van der Waals surface area contributed by atoms with Crippen molar-refractivity contribution in [3.63, 3.8) is 0 Å². The molecular formula is C13H14ClNOS2. The van der Waals surface area contributed by atoms with Crippen LogP contribution < -0.4 is 0 Å². The van der Waals surface area contributed by atoms with Crippen LogP contribution >= 0.6 is 34.3 Å². The average Bonchev–Trinajstić information content (AvgIpc) is 2.98. The lowest BCUT2D eigenvalue weighted by Crippen LogP contribution is -2.40. The van der Waals surface area contributed by atoms with Gasteiger partial charge in [0, 0.05) is 28.4 Å². The molecule has 0 aliphatic carbocycles. The molecule has 0 aromatic carbocycles. The molecule has 2 aromatic heterocycles. The van der Waals surface area contributed by atoms with Crippen molar-refractivity contribution in [3.05, 3.63) is 22.4 Å². The predicted octanol–water partition coefficient (Wildman–Crippen LogP) is 4.05. The van der Waals surface area contributed by atoms with Crippen LogP contribution in [0.5, 0.6) is 0 Å². The highest BCUT2D eigenvalue weighted by Gasteiger charge is 2.25. The summed E-state index contributed by atoms with van der Waals surface area (Å²) in [6.45, 7) is 1.69. The number of carbonyl (C=O) groups excluding carboxylic acids is 1. The Kier molecular flexibility index (Phi) is 3.59. The molecule has 1 fully saturated rings. The summed E-state index contributed by atoms with van der Waals surface area (Å²) in [5, 5.41) is 2.07. The number of hydrogen-bond acceptors (Lipinski definition) is 3. The average molecular weight is 300 g/mol. The van der Waals surface area contributed by atoms with Crippen molar-refractivity contribution in [3.8, 4) is 0 Å². The summed E-state index contributed by atoms with van der Waals surface area (Å²) in [5.74, 6) is 1.30. The number of likely N-dealkylation sites (tertiary alicyclic amines) is 1. The molecule has 2 nitrogen and oxygen atoms in total. The molecule has 0 spiro atoms. The Morgan fingerprint density at radius 2 is 2.39 bits per heavy atom. The van der Waals surface area contributed by atoms with Crippen LogP contribution in [0.2, 0.25) is 0 Å². The van der Waals surface area contributed by atoms with E-state index in [1.807, 2.05) is 11.0 Å². The number of fused-ring (bicyclic) bond motifs is 1. The summed E-state index contributed by atoms with van der Waals surface area (Å²) in [6.07, 6.45) is 2.22. The molecular weight excluding hydrogens is 286 g/mol. The van der Waals surface area contributed by atoms with E-state index in [9.17, 15) is 4.79 Å². The SMILES string of the molecule is O=C(c1cc2sccc2s1)N1CCCC(CCl)C1. The first-order valence-corrected chi connectivity index (χ1v) is 8.33. The molecule has 1 amide bonds. The highest BCUT2D eigenvalue weighted by molar-refractivity contribution is 7.27. The first-order valence-electron chi connectivity index (χ1n) is 6.10. The van der Waals surface area contributed by atoms with Crippen molar-refractivity contribution in [1.29, 1.82) is 0 Å². The van der Waals surface area contributed by atoms with Gasteiger partial charge in [-0.15, -0.1) is 34.3 Å². The smallest absolute Gasteiger partial charge is 0.264 e. The van der Waals surface area contributed by atoms with Gasteiger partial charge >= 0.3 is 0 Å². The van der Waals surface area contributed by atoms with Gasteiger partial charge in [-0.1, -0.05) is 0 Å². The summed E-state index contributed by atoms with van der Waals surface area (Å²) in [4.78, 5) is 15.3. The molecule has 0 saturated carbocycles. The second-order valence-electron chi connectivity index (χ2n) is 4.67. The molecule has 0 N–H and O–H groups in total. The number of carbonyl (C=O) groups is 1. The van der Waals surface area contributed by atoms with E-state index in [0.717, 1.165) is 30.8 Å². The second-order valence-corrected chi connectivity index (χ2v) is 7.01. The van der Waals surface area contributed by atoms with Crippen LogP contribution in [0, 0.1) is 5.92 Å². The second kappa shape index (κ2) is 5.19. The van der Waals surface area contributed by atoms with Gasteiger partial charge < -0.3 is 4.90 Å². The molecule has 1 saturated heterocycles. The van der Waals surface area contributed by atoms with Crippen LogP contribution in [-0.2, 0) is 0 Å². The maximum Gasteiger partial charge on any atom is 0.264 e. The van der Waals surface area contributed by atoms with E-state index < -0.39 is 0 Å². The van der Waals surface area contributed by atoms with Crippen LogP contribution in [0.1, 0.15) is 22.5 Å². The van der Waals surface area contributed by atoms with E-state index in [-0.39, 0.29) is 5.91 Å². The van der Waals surface area contributed by atoms with Crippen molar-refractivity contribution < 1.29 is 4.79 Å². The number of nitrogens with zero attached hydrogens (tertiary/aromatic N) is 1. The number of piperidine rings is 1. The lowest BCUT2D eigenvalue weighted by atomic mass is 10.00. The van der Waals surface area contributed by atoms with Crippen LogP contribution in [-0.4, -0.2) is 29.8 Å². The summed E-state index contributed by atoms with van der Waals surface area (Å²) < 4.78 is 2.43. The number of alkyl halides is 1. The fraction of sp³-hybridized carbons (Fsp3) is 0.462. The summed E-state index contributed by atoms with van der Waals surface area (Å²) >= 11 is 9.21. The van der Waals surface area contributed by atoms with Gasteiger partial charge in [-0.3, -0.25) is 4.79 Å². The Bertz CT molecular complexity index is 534. The van der Waals surface area contributed by atoms with E-state index in [1.165, 1.54) is 9.40 Å². The fourth-order valence-corrected chi connectivity index (χ4v) is 4.73. The van der Waals surface area contributed by atoms with E-state index >= 15 is 0 Å². The summed E-state index contributed by atoms with van der Waals surface area (Å²) in [5.41, 5.74) is 0. The van der Waals surface area contributed by atoms with E-state index in [4.69, 9.17) is 11.6 Å². The van der Waals surface area contributed by atoms with Crippen molar-refractivity contribution in [1.82, 2.24) is 4.90 Å². The number of amides is 1. The standard InChI is InChI=1S/C13H14ClNOS2/c14-7-9-2-1-4-15(8-9)13(16)12-6-11-10(18-12)3-5-17-11/h3,5-6,9H,1-2,4,7-8H2. The molecule has 3 rings (SSSR count). The third-order valence-corrected chi connectivity index (χ3v) is 5.89. The third kappa shape index (κ3) is 2.29. The van der Waals surface area contributed by atoms with Gasteiger partial charge in [0.1, 0.15) is 0 Å². The molecule has 3 heterocycles. The van der Waals surface area contributed by atoms with Crippen molar-refractivity contribution in [2.24, 2.45) is 5.92 Å². The molecule has 0 radical (unpaired) electrons. The fourth-order valence-electron chi connectivity index (χ4n) is 2.40. The Morgan fingerprint density at radius 3 is 3.17 bits per heavy atom. The number of halogens is 1. The Balaban J connectivity index is 1.79. The molecule has 96 valence electrons. The van der Waals surface area contributed by atoms with Gasteiger partial charge in [-0.25, -0.2) is 0 Å². The molecule has 1 aliphatic heterocycles. The summed E-state index contributed by atoms with van der Waals surface area (Å²) in [6, 6.07) is 4.11. The first kappa shape index (κ1) is 12.5. The zero-order valence-corrected chi connectivity index (χ0v) is 12.3. The lowest BCUT2D eigenvalue weighted by molar-refractivity contribution is 0.0690. The number of rotatable bonds is 2. The normalized spacial score (nSPS) is 20.5. The molecule has 5 heteroatoms. The van der Waals surface area contributed by atoms with Gasteiger partial charge in [-0.2, -0.15) is 0 Å². The molecule has 2 aromatic rings. The largest absolute Gasteiger partial charge is 0.338 e. The van der Waals surface area contributed by atoms with Crippen LogP contribution in [0.3, 0.4) is 0 Å². The Morgan fingerprint density at radius 1 is 1.50 bits per heavy atom. The first-order chi connectivity index (χ1) is 8.78. The molecule has 1 aliphatic rings. The van der Waals surface area contributed by atoms with Crippen molar-refractivity contribution in [2.45, 2.75) is 12.8 Å². The van der Waals surface area contributed by atoms with E-state index in [2.05, 4.69) is 11.4 Å². The maximum atomic E-state index is 12.4. The zero-order chi connectivity index (χ0) is 12.5. The van der Waals surface area contributed by atoms with E-state index in [1.54, 1.807) is 22.7 Å². The third-order valence-electron chi connectivity index (χ3n) is 3.37. The van der Waals surface area contributed by atoms with Gasteiger partial charge in [-0.05, 0) is 36.3 Å². The van der Waals surface area contributed by atoms with E-state index in [0.29, 0.717) is 11.8 Å². The van der Waals surface area contributed by atoms with Crippen molar-refractivity contribution >= 4 is 49.6 Å². The Labute approximate surface area is 119 Å². The van der Waals surface area contributed by atoms with Gasteiger partial charge in [0.15, 0.2) is 0 Å². The lowest BCUT2D eigenvalue weighted by Gasteiger charge is -2.31. The predicted molar refractivity (Wildman–Crippen MR) is 79.0 cm³/mol. The van der Waals surface area contributed by atoms with Crippen LogP contribution in [0.15, 0.2) is 17.5 Å². The number of hydrogen-bond donors (Lipinski definition) is 0. The molecule has 1 unspecified atom stereocenters. The van der Waals surface area contributed by atoms with Crippen LogP contribution in [0.25, 0.3) is 9.40 Å². The van der Waals surface area contributed by atoms with Gasteiger partial charge in [0.25, 0.3) is 5.91 Å². The molecule has 1 atom stereocenters. The number of thiophene rings is 2. The molecule has 0 bridgehead atoms. The summed E-state index contributed by atoms with van der Waals surface area (Å²) in [7, 11) is 0. The maximum absolute atomic E-state index is 12.4. The van der Waals surface area contributed by atoms with Gasteiger partial charge in [0.05, 0.1) is 4.88 Å². The van der Waals surface area contributed by atoms with Crippen LogP contribution in [0.4, 0.5) is 0 Å². The minimum Gasteiger partial charge on any atom is -0.338 e. The quantitative estimate of drug-likeness (QED) is 0.766. The Hall–Kier alpha value is -0.580. The minimum atomic E-state index is 0.179. The monoisotopic (exact) mass is 299 g/mol. The zero-order valence-electron chi connectivity index (χ0n) is 9.89. The topological polar surface area (TPSA) is 20.3 Å². The van der Waals surface area contributed by atoms with Crippen molar-refractivity contribution in [2.75, 3.05) is 19.0 Å². The molecule has 18 heavy (non-hydrogen) atoms.